The van der Waals surface area contributed by atoms with E-state index in [1.54, 1.807) is 6.07 Å². The summed E-state index contributed by atoms with van der Waals surface area (Å²) in [5, 5.41) is 9.50. The van der Waals surface area contributed by atoms with Crippen LogP contribution in [0.4, 0.5) is 14.6 Å². The number of aryl methyl sites for hydroxylation is 1. The Morgan fingerprint density at radius 1 is 1.21 bits per heavy atom. The minimum atomic E-state index is -0.992. The fourth-order valence-electron chi connectivity index (χ4n) is 4.46. The van der Waals surface area contributed by atoms with Gasteiger partial charge in [0.15, 0.2) is 17.5 Å². The fourth-order valence-corrected chi connectivity index (χ4v) is 4.46. The molecule has 34 heavy (non-hydrogen) atoms. The number of fused-ring (bicyclic) bond motifs is 1. The van der Waals surface area contributed by atoms with Crippen LogP contribution in [0, 0.1) is 35.8 Å². The van der Waals surface area contributed by atoms with Gasteiger partial charge in [0, 0.05) is 43.2 Å². The van der Waals surface area contributed by atoms with Crippen molar-refractivity contribution in [3.8, 4) is 17.3 Å². The lowest BCUT2D eigenvalue weighted by molar-refractivity contribution is -0.136. The zero-order valence-electron chi connectivity index (χ0n) is 19.8. The van der Waals surface area contributed by atoms with Crippen molar-refractivity contribution in [3.05, 3.63) is 53.1 Å². The van der Waals surface area contributed by atoms with Crippen molar-refractivity contribution in [1.82, 2.24) is 14.9 Å². The third kappa shape index (κ3) is 4.30. The molecule has 0 saturated carbocycles. The van der Waals surface area contributed by atoms with Crippen molar-refractivity contribution in [2.45, 2.75) is 40.2 Å². The van der Waals surface area contributed by atoms with Crippen molar-refractivity contribution in [1.29, 1.82) is 5.26 Å². The summed E-state index contributed by atoms with van der Waals surface area (Å²) in [6, 6.07) is 9.72. The topological polar surface area (TPSA) is 73.1 Å². The number of nitriles is 1. The summed E-state index contributed by atoms with van der Waals surface area (Å²) >= 11 is 0. The molecule has 3 aromatic rings. The van der Waals surface area contributed by atoms with E-state index < -0.39 is 11.6 Å². The highest BCUT2D eigenvalue weighted by Gasteiger charge is 2.33. The molecule has 4 rings (SSSR count). The Kier molecular flexibility index (Phi) is 6.47. The summed E-state index contributed by atoms with van der Waals surface area (Å²) in [7, 11) is 0. The third-order valence-electron chi connectivity index (χ3n) is 6.34. The molecule has 1 fully saturated rings. The highest BCUT2D eigenvalue weighted by atomic mass is 19.2. The third-order valence-corrected chi connectivity index (χ3v) is 6.34. The van der Waals surface area contributed by atoms with Gasteiger partial charge in [-0.05, 0) is 31.9 Å². The number of hydrogen-bond donors (Lipinski definition) is 0. The minimum absolute atomic E-state index is 0.0166. The summed E-state index contributed by atoms with van der Waals surface area (Å²) < 4.78 is 27.9. The van der Waals surface area contributed by atoms with Crippen molar-refractivity contribution in [2.24, 2.45) is 5.92 Å². The Morgan fingerprint density at radius 3 is 2.50 bits per heavy atom. The van der Waals surface area contributed by atoms with Crippen LogP contribution in [-0.4, -0.2) is 46.5 Å². The van der Waals surface area contributed by atoms with Gasteiger partial charge in [-0.1, -0.05) is 26.0 Å². The SMILES string of the molecule is CCN(C(=O)C(C)C)C1CCN(c2nc3cc(F)c(F)cc3nc2-c2ccc(C)c(C#N)c2)C1. The molecule has 1 aliphatic rings. The average Bonchev–Trinajstić information content (AvgIpc) is 3.29. The predicted octanol–water partition coefficient (Wildman–Crippen LogP) is 4.84. The van der Waals surface area contributed by atoms with Crippen LogP contribution in [0.15, 0.2) is 30.3 Å². The normalized spacial score (nSPS) is 15.7. The van der Waals surface area contributed by atoms with Gasteiger partial charge in [-0.3, -0.25) is 4.79 Å². The van der Waals surface area contributed by atoms with Gasteiger partial charge in [-0.2, -0.15) is 5.26 Å². The minimum Gasteiger partial charge on any atom is -0.353 e. The van der Waals surface area contributed by atoms with Gasteiger partial charge in [-0.15, -0.1) is 0 Å². The number of nitrogens with zero attached hydrogens (tertiary/aromatic N) is 5. The first-order valence-electron chi connectivity index (χ1n) is 11.5. The summed E-state index contributed by atoms with van der Waals surface area (Å²) in [5.41, 5.74) is 2.99. The highest BCUT2D eigenvalue weighted by Crippen LogP contribution is 2.34. The first-order chi connectivity index (χ1) is 16.2. The van der Waals surface area contributed by atoms with Crippen LogP contribution in [0.1, 0.15) is 38.3 Å². The summed E-state index contributed by atoms with van der Waals surface area (Å²) in [4.78, 5) is 26.0. The molecule has 6 nitrogen and oxygen atoms in total. The number of halogens is 2. The molecule has 0 N–H and O–H groups in total. The van der Waals surface area contributed by atoms with E-state index in [0.717, 1.165) is 24.1 Å². The molecule has 176 valence electrons. The van der Waals surface area contributed by atoms with E-state index in [4.69, 9.17) is 0 Å². The van der Waals surface area contributed by atoms with Crippen LogP contribution in [0.25, 0.3) is 22.3 Å². The molecule has 1 atom stereocenters. The molecule has 1 aromatic heterocycles. The number of rotatable bonds is 5. The van der Waals surface area contributed by atoms with Crippen molar-refractivity contribution in [2.75, 3.05) is 24.5 Å². The van der Waals surface area contributed by atoms with Crippen LogP contribution >= 0.6 is 0 Å². The number of amides is 1. The summed E-state index contributed by atoms with van der Waals surface area (Å²) in [6.45, 7) is 9.41. The van der Waals surface area contributed by atoms with E-state index in [1.807, 2.05) is 49.6 Å². The lowest BCUT2D eigenvalue weighted by atomic mass is 10.0. The molecule has 0 bridgehead atoms. The Balaban J connectivity index is 1.81. The molecule has 1 amide bonds. The molecule has 1 aliphatic heterocycles. The van der Waals surface area contributed by atoms with Gasteiger partial charge in [0.1, 0.15) is 5.69 Å². The Bertz CT molecular complexity index is 1300. The molecule has 1 unspecified atom stereocenters. The molecule has 0 radical (unpaired) electrons. The van der Waals surface area contributed by atoms with E-state index >= 15 is 0 Å². The lowest BCUT2D eigenvalue weighted by Crippen LogP contribution is -2.43. The van der Waals surface area contributed by atoms with E-state index in [1.165, 1.54) is 0 Å². The fraction of sp³-hybridized carbons (Fsp3) is 0.385. The average molecular weight is 464 g/mol. The number of carbonyl (C=O) groups is 1. The monoisotopic (exact) mass is 463 g/mol. The number of carbonyl (C=O) groups excluding carboxylic acids is 1. The number of anilines is 1. The molecule has 1 saturated heterocycles. The maximum atomic E-state index is 14.0. The second kappa shape index (κ2) is 9.34. The lowest BCUT2D eigenvalue weighted by Gasteiger charge is -2.30. The van der Waals surface area contributed by atoms with Gasteiger partial charge < -0.3 is 9.80 Å². The standard InChI is InChI=1S/C26H27F2N5O/c1-5-33(26(34)15(2)3)19-8-9-32(14-19)25-24(17-7-6-16(4)18(10-17)13-29)30-22-11-20(27)21(28)12-23(22)31-25/h6-7,10-12,15,19H,5,8-9,14H2,1-4H3. The molecular weight excluding hydrogens is 436 g/mol. The summed E-state index contributed by atoms with van der Waals surface area (Å²) in [6.07, 6.45) is 0.764. The second-order valence-electron chi connectivity index (χ2n) is 8.96. The maximum Gasteiger partial charge on any atom is 0.225 e. The highest BCUT2D eigenvalue weighted by molar-refractivity contribution is 5.84. The first-order valence-corrected chi connectivity index (χ1v) is 11.5. The van der Waals surface area contributed by atoms with Crippen LogP contribution in [0.5, 0.6) is 0 Å². The van der Waals surface area contributed by atoms with Crippen LogP contribution in [-0.2, 0) is 4.79 Å². The van der Waals surface area contributed by atoms with Gasteiger partial charge in [0.2, 0.25) is 5.91 Å². The molecule has 2 heterocycles. The zero-order valence-corrected chi connectivity index (χ0v) is 19.8. The molecular formula is C26H27F2N5O. The van der Waals surface area contributed by atoms with E-state index in [-0.39, 0.29) is 28.9 Å². The van der Waals surface area contributed by atoms with Gasteiger partial charge in [-0.25, -0.2) is 18.7 Å². The largest absolute Gasteiger partial charge is 0.353 e. The van der Waals surface area contributed by atoms with Crippen molar-refractivity contribution in [3.63, 3.8) is 0 Å². The maximum absolute atomic E-state index is 14.0. The van der Waals surface area contributed by atoms with Crippen LogP contribution < -0.4 is 4.90 Å². The first kappa shape index (κ1) is 23.6. The number of benzene rings is 2. The number of hydrogen-bond acceptors (Lipinski definition) is 5. The zero-order chi connectivity index (χ0) is 24.6. The quantitative estimate of drug-likeness (QED) is 0.542. The second-order valence-corrected chi connectivity index (χ2v) is 8.96. The Hall–Kier alpha value is -3.60. The number of likely N-dealkylation sites (N-methyl/N-ethyl adjacent to an activating group) is 1. The van der Waals surface area contributed by atoms with E-state index in [2.05, 4.69) is 16.0 Å². The molecule has 0 aliphatic carbocycles. The number of aromatic nitrogens is 2. The van der Waals surface area contributed by atoms with E-state index in [0.29, 0.717) is 42.3 Å². The molecule has 2 aromatic carbocycles. The van der Waals surface area contributed by atoms with Gasteiger partial charge >= 0.3 is 0 Å². The van der Waals surface area contributed by atoms with Crippen LogP contribution in [0.2, 0.25) is 0 Å². The summed E-state index contributed by atoms with van der Waals surface area (Å²) in [5.74, 6) is -1.44. The smallest absolute Gasteiger partial charge is 0.225 e. The van der Waals surface area contributed by atoms with Crippen molar-refractivity contribution >= 4 is 22.8 Å². The predicted molar refractivity (Wildman–Crippen MR) is 127 cm³/mol. The van der Waals surface area contributed by atoms with Crippen molar-refractivity contribution < 1.29 is 13.6 Å². The molecule has 8 heteroatoms. The van der Waals surface area contributed by atoms with Gasteiger partial charge in [0.25, 0.3) is 0 Å². The van der Waals surface area contributed by atoms with Gasteiger partial charge in [0.05, 0.1) is 28.7 Å². The Morgan fingerprint density at radius 2 is 1.88 bits per heavy atom. The van der Waals surface area contributed by atoms with Crippen LogP contribution in [0.3, 0.4) is 0 Å². The van der Waals surface area contributed by atoms with E-state index in [9.17, 15) is 18.8 Å². The molecule has 0 spiro atoms. The Labute approximate surface area is 197 Å².